The first kappa shape index (κ1) is 33.2. The van der Waals surface area contributed by atoms with Crippen molar-refractivity contribution in [1.82, 2.24) is 30.1 Å². The second-order valence-corrected chi connectivity index (χ2v) is 10.3. The van der Waals surface area contributed by atoms with Crippen LogP contribution in [-0.2, 0) is 36.8 Å². The molecule has 0 aliphatic carbocycles. The van der Waals surface area contributed by atoms with Gasteiger partial charge in [-0.25, -0.2) is 32.5 Å². The first-order valence-electron chi connectivity index (χ1n) is 12.9. The molecule has 0 radical (unpaired) electrons. The Morgan fingerprint density at radius 3 is 2.31 bits per heavy atom. The summed E-state index contributed by atoms with van der Waals surface area (Å²) in [4.78, 5) is 27.6. The summed E-state index contributed by atoms with van der Waals surface area (Å²) >= 11 is 6.39. The highest BCUT2D eigenvalue weighted by Crippen LogP contribution is 2.33. The molecule has 2 aromatic heterocycles. The number of halogens is 4. The van der Waals surface area contributed by atoms with E-state index in [-0.39, 0.29) is 41.9 Å². The minimum atomic E-state index is -1.64. The van der Waals surface area contributed by atoms with Gasteiger partial charge in [-0.05, 0) is 23.7 Å². The van der Waals surface area contributed by atoms with E-state index in [1.807, 2.05) is 0 Å². The SMILES string of the molecule is Cn1cnc(C[N+]2([O-])CCC(=Nc3cc4cn(C)nc4cc3Cl)[N+]([O-])(Cc3cc(F)c(F)cc3F)N2)n1.O=C(O)/C=C/C(=O)O. The number of aryl methyl sites for hydroxylation is 2. The molecule has 0 spiro atoms. The van der Waals surface area contributed by atoms with Crippen LogP contribution >= 0.6 is 11.6 Å². The number of rotatable bonds is 7. The van der Waals surface area contributed by atoms with Crippen molar-refractivity contribution in [3.05, 3.63) is 93.2 Å². The van der Waals surface area contributed by atoms with Gasteiger partial charge in [0, 0.05) is 49.5 Å². The van der Waals surface area contributed by atoms with Gasteiger partial charge in [0.2, 0.25) is 11.7 Å². The van der Waals surface area contributed by atoms with Gasteiger partial charge < -0.3 is 20.6 Å². The van der Waals surface area contributed by atoms with E-state index >= 15 is 0 Å². The van der Waals surface area contributed by atoms with Gasteiger partial charge in [0.1, 0.15) is 25.2 Å². The number of hydrogen-bond donors (Lipinski definition) is 3. The highest BCUT2D eigenvalue weighted by Gasteiger charge is 2.42. The number of fused-ring (bicyclic) bond motifs is 1. The third kappa shape index (κ3) is 8.26. The van der Waals surface area contributed by atoms with Crippen molar-refractivity contribution in [2.45, 2.75) is 19.5 Å². The van der Waals surface area contributed by atoms with Crippen LogP contribution in [-0.4, -0.2) is 68.6 Å². The molecule has 2 aromatic carbocycles. The average molecular weight is 652 g/mol. The van der Waals surface area contributed by atoms with Gasteiger partial charge in [0.15, 0.2) is 18.2 Å². The van der Waals surface area contributed by atoms with E-state index in [4.69, 9.17) is 21.8 Å². The minimum absolute atomic E-state index is 0.104. The Morgan fingerprint density at radius 1 is 1.02 bits per heavy atom. The van der Waals surface area contributed by atoms with E-state index in [9.17, 15) is 33.2 Å². The number of aliphatic carboxylic acids is 2. The number of carboxylic acids is 2. The molecule has 1 fully saturated rings. The molecule has 15 nitrogen and oxygen atoms in total. The quantitative estimate of drug-likeness (QED) is 0.115. The fourth-order valence-corrected chi connectivity index (χ4v) is 4.58. The minimum Gasteiger partial charge on any atom is -0.607 e. The van der Waals surface area contributed by atoms with Crippen LogP contribution in [0.2, 0.25) is 5.02 Å². The van der Waals surface area contributed by atoms with Gasteiger partial charge in [0.25, 0.3) is 0 Å². The lowest BCUT2D eigenvalue weighted by molar-refractivity contribution is -1.11. The first-order chi connectivity index (χ1) is 21.1. The average Bonchev–Trinajstić information content (AvgIpc) is 3.50. The van der Waals surface area contributed by atoms with Gasteiger partial charge >= 0.3 is 11.9 Å². The van der Waals surface area contributed by atoms with E-state index in [0.717, 1.165) is 0 Å². The lowest BCUT2D eigenvalue weighted by atomic mass is 10.1. The van der Waals surface area contributed by atoms with E-state index < -0.39 is 51.0 Å². The zero-order chi connectivity index (χ0) is 33.1. The van der Waals surface area contributed by atoms with Crippen LogP contribution in [0, 0.1) is 27.9 Å². The van der Waals surface area contributed by atoms with Crippen molar-refractivity contribution in [3.63, 3.8) is 0 Å². The number of aliphatic imine (C=N–C) groups is 1. The highest BCUT2D eigenvalue weighted by molar-refractivity contribution is 6.34. The fourth-order valence-electron chi connectivity index (χ4n) is 4.38. The molecule has 0 amide bonds. The molecular formula is C26H25ClF3N9O6. The fraction of sp³-hybridized carbons (Fsp3) is 0.231. The van der Waals surface area contributed by atoms with Gasteiger partial charge in [0.05, 0.1) is 22.6 Å². The number of benzene rings is 2. The third-order valence-corrected chi connectivity index (χ3v) is 6.59. The Labute approximate surface area is 257 Å². The summed E-state index contributed by atoms with van der Waals surface area (Å²) in [6, 6.07) is 4.15. The number of nitrogens with zero attached hydrogens (tertiary/aromatic N) is 8. The molecule has 0 bridgehead atoms. The molecule has 3 N–H and O–H groups in total. The number of hydrogen-bond acceptors (Lipinski definition) is 9. The third-order valence-electron chi connectivity index (χ3n) is 6.29. The lowest BCUT2D eigenvalue weighted by Gasteiger charge is -2.53. The molecule has 45 heavy (non-hydrogen) atoms. The Bertz CT molecular complexity index is 1810. The van der Waals surface area contributed by atoms with Gasteiger partial charge in [-0.3, -0.25) is 9.36 Å². The maximum Gasteiger partial charge on any atom is 0.328 e. The molecule has 2 atom stereocenters. The standard InChI is InChI=1S/C22H21ClF3N9O2.C4H4O4/c1-32-9-13-6-20(15(23)7-19(13)29-32)28-22-3-4-34(36,11-21-27-12-33(2)30-21)31-35(22,37)10-14-5-17(25)18(26)8-16(14)24;5-3(6)1-2-4(7)8/h5-9,12,31H,3-4,10-11H2,1-2H3;1-2H,(H,5,6)(H,7,8)/b;2-1+. The van der Waals surface area contributed by atoms with Crippen molar-refractivity contribution in [1.29, 1.82) is 0 Å². The summed E-state index contributed by atoms with van der Waals surface area (Å²) in [5, 5.41) is 52.6. The highest BCUT2D eigenvalue weighted by atomic mass is 35.5. The Balaban J connectivity index is 0.000000510. The van der Waals surface area contributed by atoms with Crippen molar-refractivity contribution < 1.29 is 42.5 Å². The maximum atomic E-state index is 14.5. The van der Waals surface area contributed by atoms with Crippen LogP contribution in [0.5, 0.6) is 0 Å². The van der Waals surface area contributed by atoms with E-state index in [0.29, 0.717) is 35.2 Å². The maximum absolute atomic E-state index is 14.5. The summed E-state index contributed by atoms with van der Waals surface area (Å²) in [6.07, 6.45) is 4.15. The van der Waals surface area contributed by atoms with Crippen LogP contribution in [0.3, 0.4) is 0 Å². The Hall–Kier alpha value is -4.72. The van der Waals surface area contributed by atoms with Crippen molar-refractivity contribution in [2.75, 3.05) is 6.54 Å². The molecule has 1 aliphatic heterocycles. The zero-order valence-electron chi connectivity index (χ0n) is 23.6. The Morgan fingerprint density at radius 2 is 1.69 bits per heavy atom. The van der Waals surface area contributed by atoms with Crippen LogP contribution in [0.4, 0.5) is 18.9 Å². The number of carbonyl (C=O) groups is 2. The topological polar surface area (TPSA) is 194 Å². The molecule has 4 aromatic rings. The number of nitrogens with one attached hydrogen (secondary N) is 1. The van der Waals surface area contributed by atoms with Crippen molar-refractivity contribution >= 4 is 46.0 Å². The van der Waals surface area contributed by atoms with Gasteiger partial charge in [-0.2, -0.15) is 19.9 Å². The lowest BCUT2D eigenvalue weighted by Crippen LogP contribution is -2.73. The molecule has 0 saturated carbocycles. The Kier molecular flexibility index (Phi) is 9.66. The summed E-state index contributed by atoms with van der Waals surface area (Å²) < 4.78 is 42.1. The number of carboxylic acid groups (broad SMARTS) is 2. The molecule has 238 valence electrons. The molecular weight excluding hydrogens is 627 g/mol. The van der Waals surface area contributed by atoms with E-state index in [1.165, 1.54) is 11.0 Å². The van der Waals surface area contributed by atoms with Crippen LogP contribution in [0.25, 0.3) is 10.9 Å². The summed E-state index contributed by atoms with van der Waals surface area (Å²) in [5.74, 6) is -6.30. The normalized spacial score (nSPS) is 20.8. The largest absolute Gasteiger partial charge is 0.607 e. The smallest absolute Gasteiger partial charge is 0.328 e. The summed E-state index contributed by atoms with van der Waals surface area (Å²) in [7, 11) is 3.37. The summed E-state index contributed by atoms with van der Waals surface area (Å²) in [6.45, 7) is -1.22. The van der Waals surface area contributed by atoms with Crippen LogP contribution in [0.1, 0.15) is 17.8 Å². The van der Waals surface area contributed by atoms with Gasteiger partial charge in [-0.15, -0.1) is 0 Å². The zero-order valence-corrected chi connectivity index (χ0v) is 24.3. The first-order valence-corrected chi connectivity index (χ1v) is 13.2. The van der Waals surface area contributed by atoms with Crippen LogP contribution in [0.15, 0.2) is 53.9 Å². The van der Waals surface area contributed by atoms with E-state index in [2.05, 4.69) is 25.7 Å². The van der Waals surface area contributed by atoms with Crippen molar-refractivity contribution in [2.24, 2.45) is 19.1 Å². The second-order valence-electron chi connectivity index (χ2n) is 9.91. The molecule has 2 unspecified atom stereocenters. The predicted octanol–water partition coefficient (Wildman–Crippen LogP) is 3.37. The molecule has 1 aliphatic rings. The predicted molar refractivity (Wildman–Crippen MR) is 152 cm³/mol. The van der Waals surface area contributed by atoms with Crippen molar-refractivity contribution in [3.8, 4) is 0 Å². The van der Waals surface area contributed by atoms with Gasteiger partial charge in [-0.1, -0.05) is 11.6 Å². The molecule has 1 saturated heterocycles. The monoisotopic (exact) mass is 651 g/mol. The summed E-state index contributed by atoms with van der Waals surface area (Å²) in [5.41, 5.74) is 2.82. The molecule has 5 rings (SSSR count). The number of aromatic nitrogens is 5. The second kappa shape index (κ2) is 13.1. The number of quaternary nitrogens is 2. The molecule has 19 heteroatoms. The van der Waals surface area contributed by atoms with E-state index in [1.54, 1.807) is 37.1 Å². The number of hydroxylamine groups is 4. The molecule has 3 heterocycles. The number of amidine groups is 1. The van der Waals surface area contributed by atoms with Crippen LogP contribution < -0.4 is 5.53 Å².